The normalized spacial score (nSPS) is 16.4. The number of ether oxygens (including phenoxy) is 1. The fourth-order valence-electron chi connectivity index (χ4n) is 2.12. The largest absolute Gasteiger partial charge is 0.379 e. The van der Waals surface area contributed by atoms with Crippen molar-refractivity contribution in [2.24, 2.45) is 0 Å². The van der Waals surface area contributed by atoms with Crippen molar-refractivity contribution in [1.29, 1.82) is 0 Å². The van der Waals surface area contributed by atoms with E-state index in [0.29, 0.717) is 0 Å². The van der Waals surface area contributed by atoms with Crippen molar-refractivity contribution in [3.8, 4) is 0 Å². The number of aromatic nitrogens is 2. The Morgan fingerprint density at radius 1 is 1.30 bits per heavy atom. The quantitative estimate of drug-likeness (QED) is 0.444. The van der Waals surface area contributed by atoms with E-state index in [1.807, 2.05) is 12.4 Å². The molecule has 0 unspecified atom stereocenters. The Morgan fingerprint density at radius 2 is 2.05 bits per heavy atom. The molecule has 0 atom stereocenters. The number of hydrogen-bond acceptors (Lipinski definition) is 6. The zero-order chi connectivity index (χ0) is 14.0. The third-order valence-corrected chi connectivity index (χ3v) is 3.97. The molecule has 0 bridgehead atoms. The highest BCUT2D eigenvalue weighted by molar-refractivity contribution is 7.99. The van der Waals surface area contributed by atoms with Crippen molar-refractivity contribution in [1.82, 2.24) is 20.2 Å². The van der Waals surface area contributed by atoms with Crippen LogP contribution in [-0.2, 0) is 11.3 Å². The Kier molecular flexibility index (Phi) is 7.28. The number of hydrogen-bond donors (Lipinski definition) is 1. The lowest BCUT2D eigenvalue weighted by molar-refractivity contribution is 0.0374. The second-order valence-electron chi connectivity index (χ2n) is 4.79. The van der Waals surface area contributed by atoms with Crippen molar-refractivity contribution in [2.75, 3.05) is 45.1 Å². The fraction of sp³-hybridized carbons (Fsp3) is 0.714. The van der Waals surface area contributed by atoms with E-state index in [2.05, 4.69) is 27.1 Å². The maximum absolute atomic E-state index is 5.34. The number of nitrogens with one attached hydrogen (secondary N) is 1. The molecule has 6 heteroatoms. The highest BCUT2D eigenvalue weighted by Gasteiger charge is 2.08. The van der Waals surface area contributed by atoms with Crippen LogP contribution in [0, 0.1) is 0 Å². The van der Waals surface area contributed by atoms with Crippen molar-refractivity contribution >= 4 is 11.8 Å². The number of nitrogens with zero attached hydrogens (tertiary/aromatic N) is 3. The maximum atomic E-state index is 5.34. The van der Waals surface area contributed by atoms with E-state index in [4.69, 9.17) is 4.74 Å². The minimum Gasteiger partial charge on any atom is -0.379 e. The fourth-order valence-corrected chi connectivity index (χ4v) is 2.64. The van der Waals surface area contributed by atoms with E-state index in [1.165, 1.54) is 6.42 Å². The SMILES string of the molecule is CCSc1ncc(CNCCCN2CCOCC2)cn1. The maximum Gasteiger partial charge on any atom is 0.187 e. The number of morpholine rings is 1. The topological polar surface area (TPSA) is 50.3 Å². The van der Waals surface area contributed by atoms with Crippen molar-refractivity contribution in [3.05, 3.63) is 18.0 Å². The average molecular weight is 296 g/mol. The molecular formula is C14H24N4OS. The summed E-state index contributed by atoms with van der Waals surface area (Å²) >= 11 is 1.67. The Labute approximate surface area is 125 Å². The van der Waals surface area contributed by atoms with E-state index in [0.717, 1.165) is 62.4 Å². The molecule has 1 fully saturated rings. The monoisotopic (exact) mass is 296 g/mol. The molecule has 5 nitrogen and oxygen atoms in total. The van der Waals surface area contributed by atoms with Gasteiger partial charge in [-0.25, -0.2) is 9.97 Å². The second kappa shape index (κ2) is 9.28. The lowest BCUT2D eigenvalue weighted by atomic mass is 10.3. The molecule has 0 aliphatic carbocycles. The highest BCUT2D eigenvalue weighted by atomic mass is 32.2. The molecule has 0 saturated carbocycles. The lowest BCUT2D eigenvalue weighted by Crippen LogP contribution is -2.37. The predicted octanol–water partition coefficient (Wildman–Crippen LogP) is 1.40. The van der Waals surface area contributed by atoms with Gasteiger partial charge in [-0.1, -0.05) is 18.7 Å². The van der Waals surface area contributed by atoms with E-state index in [9.17, 15) is 0 Å². The van der Waals surface area contributed by atoms with Crippen molar-refractivity contribution in [2.45, 2.75) is 25.0 Å². The minimum absolute atomic E-state index is 0.847. The first-order valence-corrected chi connectivity index (χ1v) is 8.31. The summed E-state index contributed by atoms with van der Waals surface area (Å²) in [6.07, 6.45) is 5.00. The van der Waals surface area contributed by atoms with Crippen LogP contribution in [0.1, 0.15) is 18.9 Å². The van der Waals surface area contributed by atoms with Gasteiger partial charge in [0.1, 0.15) is 0 Å². The molecule has 0 aromatic carbocycles. The molecule has 2 rings (SSSR count). The molecule has 1 saturated heterocycles. The first-order chi connectivity index (χ1) is 9.88. The van der Waals surface area contributed by atoms with E-state index >= 15 is 0 Å². The minimum atomic E-state index is 0.847. The van der Waals surface area contributed by atoms with Crippen molar-refractivity contribution in [3.63, 3.8) is 0 Å². The van der Waals surface area contributed by atoms with Crippen LogP contribution in [0.5, 0.6) is 0 Å². The molecule has 1 aliphatic rings. The first kappa shape index (κ1) is 15.7. The van der Waals surface area contributed by atoms with E-state index < -0.39 is 0 Å². The van der Waals surface area contributed by atoms with E-state index in [1.54, 1.807) is 11.8 Å². The molecule has 0 spiro atoms. The Bertz CT molecular complexity index is 368. The summed E-state index contributed by atoms with van der Waals surface area (Å²) in [5.74, 6) is 1.01. The molecule has 1 aromatic heterocycles. The summed E-state index contributed by atoms with van der Waals surface area (Å²) in [7, 11) is 0. The van der Waals surface area contributed by atoms with Crippen LogP contribution in [0.2, 0.25) is 0 Å². The van der Waals surface area contributed by atoms with Gasteiger partial charge in [0.05, 0.1) is 13.2 Å². The van der Waals surface area contributed by atoms with Crippen LogP contribution < -0.4 is 5.32 Å². The summed E-state index contributed by atoms with van der Waals surface area (Å²) in [6.45, 7) is 9.05. The van der Waals surface area contributed by atoms with Gasteiger partial charge in [-0.15, -0.1) is 0 Å². The zero-order valence-electron chi connectivity index (χ0n) is 12.2. The average Bonchev–Trinajstić information content (AvgIpc) is 2.50. The van der Waals surface area contributed by atoms with Crippen LogP contribution in [-0.4, -0.2) is 60.0 Å². The van der Waals surface area contributed by atoms with Gasteiger partial charge >= 0.3 is 0 Å². The first-order valence-electron chi connectivity index (χ1n) is 7.33. The summed E-state index contributed by atoms with van der Waals surface area (Å²) in [5, 5.41) is 4.31. The van der Waals surface area contributed by atoms with Gasteiger partial charge in [0, 0.05) is 37.6 Å². The molecular weight excluding hydrogens is 272 g/mol. The highest BCUT2D eigenvalue weighted by Crippen LogP contribution is 2.10. The van der Waals surface area contributed by atoms with Crippen LogP contribution in [0.4, 0.5) is 0 Å². The second-order valence-corrected chi connectivity index (χ2v) is 6.02. The molecule has 0 amide bonds. The summed E-state index contributed by atoms with van der Waals surface area (Å²) < 4.78 is 5.34. The van der Waals surface area contributed by atoms with Crippen molar-refractivity contribution < 1.29 is 4.74 Å². The third kappa shape index (κ3) is 5.75. The predicted molar refractivity (Wildman–Crippen MR) is 82.0 cm³/mol. The van der Waals surface area contributed by atoms with Crippen LogP contribution in [0.3, 0.4) is 0 Å². The zero-order valence-corrected chi connectivity index (χ0v) is 13.0. The molecule has 1 aromatic rings. The standard InChI is InChI=1S/C14H24N4OS/c1-2-20-14-16-11-13(12-17-14)10-15-4-3-5-18-6-8-19-9-7-18/h11-12,15H,2-10H2,1H3. The van der Waals surface area contributed by atoms with Gasteiger partial charge in [-0.05, 0) is 25.3 Å². The van der Waals surface area contributed by atoms with Gasteiger partial charge in [0.25, 0.3) is 0 Å². The van der Waals surface area contributed by atoms with Gasteiger partial charge in [-0.3, -0.25) is 4.90 Å². The van der Waals surface area contributed by atoms with Gasteiger partial charge in [-0.2, -0.15) is 0 Å². The Morgan fingerprint density at radius 3 is 2.75 bits per heavy atom. The number of thioether (sulfide) groups is 1. The molecule has 1 N–H and O–H groups in total. The van der Waals surface area contributed by atoms with E-state index in [-0.39, 0.29) is 0 Å². The van der Waals surface area contributed by atoms with Crippen LogP contribution in [0.15, 0.2) is 17.6 Å². The molecule has 20 heavy (non-hydrogen) atoms. The number of rotatable bonds is 8. The molecule has 1 aliphatic heterocycles. The lowest BCUT2D eigenvalue weighted by Gasteiger charge is -2.26. The third-order valence-electron chi connectivity index (χ3n) is 3.22. The molecule has 2 heterocycles. The van der Waals surface area contributed by atoms with Crippen LogP contribution >= 0.6 is 11.8 Å². The summed E-state index contributed by atoms with van der Waals surface area (Å²) in [5.41, 5.74) is 1.15. The van der Waals surface area contributed by atoms with Gasteiger partial charge in [0.15, 0.2) is 5.16 Å². The van der Waals surface area contributed by atoms with Gasteiger partial charge < -0.3 is 10.1 Å². The van der Waals surface area contributed by atoms with Crippen LogP contribution in [0.25, 0.3) is 0 Å². The molecule has 112 valence electrons. The smallest absolute Gasteiger partial charge is 0.187 e. The molecule has 0 radical (unpaired) electrons. The summed E-state index contributed by atoms with van der Waals surface area (Å²) in [6, 6.07) is 0. The summed E-state index contributed by atoms with van der Waals surface area (Å²) in [4.78, 5) is 11.1. The Balaban J connectivity index is 1.56. The van der Waals surface area contributed by atoms with Gasteiger partial charge in [0.2, 0.25) is 0 Å². The Hall–Kier alpha value is -0.690.